The van der Waals surface area contributed by atoms with Gasteiger partial charge in [-0.1, -0.05) is 19.1 Å². The van der Waals surface area contributed by atoms with Gasteiger partial charge in [-0.25, -0.2) is 0 Å². The van der Waals surface area contributed by atoms with Gasteiger partial charge in [0.15, 0.2) is 0 Å². The van der Waals surface area contributed by atoms with Gasteiger partial charge >= 0.3 is 0 Å². The fourth-order valence-electron chi connectivity index (χ4n) is 1.18. The van der Waals surface area contributed by atoms with Crippen LogP contribution in [0.4, 0.5) is 0 Å². The second-order valence-corrected chi connectivity index (χ2v) is 5.01. The van der Waals surface area contributed by atoms with Gasteiger partial charge in [0.05, 0.1) is 11.7 Å². The lowest BCUT2D eigenvalue weighted by atomic mass is 10.1. The third-order valence-electron chi connectivity index (χ3n) is 2.32. The summed E-state index contributed by atoms with van der Waals surface area (Å²) in [5.74, 6) is 0. The lowest BCUT2D eigenvalue weighted by molar-refractivity contribution is 0.196. The van der Waals surface area contributed by atoms with E-state index in [0.29, 0.717) is 5.56 Å². The van der Waals surface area contributed by atoms with Crippen molar-refractivity contribution in [1.82, 2.24) is 0 Å². The highest BCUT2D eigenvalue weighted by atomic mass is 32.2. The number of hydrogen-bond donors (Lipinski definition) is 1. The van der Waals surface area contributed by atoms with E-state index in [9.17, 15) is 5.11 Å². The van der Waals surface area contributed by atoms with E-state index in [1.54, 1.807) is 18.7 Å². The number of aliphatic hydroxyl groups is 1. The van der Waals surface area contributed by atoms with Crippen molar-refractivity contribution in [3.8, 4) is 6.07 Å². The van der Waals surface area contributed by atoms with Crippen LogP contribution in [0.5, 0.6) is 0 Å². The highest BCUT2D eigenvalue weighted by molar-refractivity contribution is 8.00. The summed E-state index contributed by atoms with van der Waals surface area (Å²) in [7, 11) is 0. The van der Waals surface area contributed by atoms with Crippen LogP contribution in [0, 0.1) is 18.3 Å². The topological polar surface area (TPSA) is 44.0 Å². The van der Waals surface area contributed by atoms with Crippen LogP contribution in [0.2, 0.25) is 0 Å². The van der Waals surface area contributed by atoms with Crippen molar-refractivity contribution >= 4 is 11.8 Å². The molecule has 0 aliphatic heterocycles. The summed E-state index contributed by atoms with van der Waals surface area (Å²) >= 11 is 1.56. The highest BCUT2D eigenvalue weighted by Gasteiger charge is 2.14. The van der Waals surface area contributed by atoms with E-state index < -0.39 is 0 Å². The standard InChI is InChI=1S/C12H15NOS/c1-8-5-4-6-11(7-13)12(8)15-10(3)9(2)14/h4-6,9-10,14H,1-3H3. The van der Waals surface area contributed by atoms with Gasteiger partial charge in [-0.15, -0.1) is 11.8 Å². The van der Waals surface area contributed by atoms with Gasteiger partial charge in [-0.3, -0.25) is 0 Å². The Morgan fingerprint density at radius 2 is 2.07 bits per heavy atom. The van der Waals surface area contributed by atoms with Crippen molar-refractivity contribution in [3.05, 3.63) is 29.3 Å². The zero-order chi connectivity index (χ0) is 11.4. The van der Waals surface area contributed by atoms with Crippen molar-refractivity contribution in [2.45, 2.75) is 37.0 Å². The van der Waals surface area contributed by atoms with Crippen molar-refractivity contribution in [1.29, 1.82) is 5.26 Å². The largest absolute Gasteiger partial charge is 0.392 e. The smallest absolute Gasteiger partial charge is 0.100 e. The van der Waals surface area contributed by atoms with Crippen LogP contribution in [-0.2, 0) is 0 Å². The lowest BCUT2D eigenvalue weighted by Gasteiger charge is -2.16. The van der Waals surface area contributed by atoms with Gasteiger partial charge in [-0.05, 0) is 25.5 Å². The molecule has 1 rings (SSSR count). The number of hydrogen-bond acceptors (Lipinski definition) is 3. The molecule has 0 aromatic heterocycles. The number of nitrogens with zero attached hydrogens (tertiary/aromatic N) is 1. The Balaban J connectivity index is 2.99. The molecule has 80 valence electrons. The molecule has 0 saturated heterocycles. The highest BCUT2D eigenvalue weighted by Crippen LogP contribution is 2.30. The first-order chi connectivity index (χ1) is 7.06. The van der Waals surface area contributed by atoms with Crippen LogP contribution < -0.4 is 0 Å². The molecule has 0 spiro atoms. The molecule has 1 aromatic carbocycles. The molecule has 3 heteroatoms. The van der Waals surface area contributed by atoms with Gasteiger partial charge in [-0.2, -0.15) is 5.26 Å². The third kappa shape index (κ3) is 2.98. The summed E-state index contributed by atoms with van der Waals surface area (Å²) in [6, 6.07) is 7.85. The van der Waals surface area contributed by atoms with E-state index in [2.05, 4.69) is 6.07 Å². The molecule has 2 atom stereocenters. The number of rotatable bonds is 3. The van der Waals surface area contributed by atoms with Crippen molar-refractivity contribution in [2.75, 3.05) is 0 Å². The third-order valence-corrected chi connectivity index (χ3v) is 3.86. The summed E-state index contributed by atoms with van der Waals surface area (Å²) in [6.07, 6.45) is -0.374. The zero-order valence-corrected chi connectivity index (χ0v) is 10.0. The number of aliphatic hydroxyl groups excluding tert-OH is 1. The predicted octanol–water partition coefficient (Wildman–Crippen LogP) is 2.73. The molecule has 2 nitrogen and oxygen atoms in total. The van der Waals surface area contributed by atoms with E-state index >= 15 is 0 Å². The first-order valence-corrected chi connectivity index (χ1v) is 5.78. The van der Waals surface area contributed by atoms with Crippen LogP contribution in [0.25, 0.3) is 0 Å². The molecular formula is C12H15NOS. The summed E-state index contributed by atoms with van der Waals surface area (Å²) < 4.78 is 0. The summed E-state index contributed by atoms with van der Waals surface area (Å²) in [6.45, 7) is 5.71. The van der Waals surface area contributed by atoms with Gasteiger partial charge in [0.2, 0.25) is 0 Å². The zero-order valence-electron chi connectivity index (χ0n) is 9.19. The molecule has 0 radical (unpaired) electrons. The number of nitriles is 1. The minimum Gasteiger partial charge on any atom is -0.392 e. The summed E-state index contributed by atoms with van der Waals surface area (Å²) in [4.78, 5) is 0.980. The molecular weight excluding hydrogens is 206 g/mol. The van der Waals surface area contributed by atoms with Gasteiger partial charge in [0.1, 0.15) is 6.07 Å². The number of aryl methyl sites for hydroxylation is 1. The van der Waals surface area contributed by atoms with Crippen LogP contribution >= 0.6 is 11.8 Å². The van der Waals surface area contributed by atoms with Crippen molar-refractivity contribution in [2.24, 2.45) is 0 Å². The number of thioether (sulfide) groups is 1. The first-order valence-electron chi connectivity index (χ1n) is 4.90. The molecule has 0 fully saturated rings. The molecule has 0 saturated carbocycles. The lowest BCUT2D eigenvalue weighted by Crippen LogP contribution is -2.15. The molecule has 1 N–H and O–H groups in total. The quantitative estimate of drug-likeness (QED) is 0.798. The fraction of sp³-hybridized carbons (Fsp3) is 0.417. The van der Waals surface area contributed by atoms with Crippen LogP contribution in [0.3, 0.4) is 0 Å². The Kier molecular flexibility index (Phi) is 4.19. The van der Waals surface area contributed by atoms with E-state index in [1.807, 2.05) is 32.0 Å². The summed E-state index contributed by atoms with van der Waals surface area (Å²) in [5, 5.41) is 18.5. The molecule has 0 aliphatic rings. The molecule has 0 bridgehead atoms. The average Bonchev–Trinajstić information content (AvgIpc) is 2.20. The van der Waals surface area contributed by atoms with Crippen molar-refractivity contribution < 1.29 is 5.11 Å². The molecule has 0 aliphatic carbocycles. The minimum absolute atomic E-state index is 0.0956. The van der Waals surface area contributed by atoms with Crippen LogP contribution in [0.15, 0.2) is 23.1 Å². The van der Waals surface area contributed by atoms with E-state index in [4.69, 9.17) is 5.26 Å². The number of benzene rings is 1. The second kappa shape index (κ2) is 5.20. The monoisotopic (exact) mass is 221 g/mol. The molecule has 15 heavy (non-hydrogen) atoms. The Labute approximate surface area is 94.9 Å². The molecule has 1 aromatic rings. The Hall–Kier alpha value is -0.980. The van der Waals surface area contributed by atoms with Gasteiger partial charge < -0.3 is 5.11 Å². The maximum atomic E-state index is 9.43. The maximum Gasteiger partial charge on any atom is 0.100 e. The normalized spacial score (nSPS) is 14.3. The van der Waals surface area contributed by atoms with E-state index in [1.165, 1.54) is 0 Å². The average molecular weight is 221 g/mol. The Bertz CT molecular complexity index is 382. The fourth-order valence-corrected chi connectivity index (χ4v) is 2.24. The molecule has 0 amide bonds. The van der Waals surface area contributed by atoms with Gasteiger partial charge in [0.25, 0.3) is 0 Å². The minimum atomic E-state index is -0.374. The van der Waals surface area contributed by atoms with E-state index in [-0.39, 0.29) is 11.4 Å². The molecule has 2 unspecified atom stereocenters. The second-order valence-electron chi connectivity index (χ2n) is 3.63. The van der Waals surface area contributed by atoms with Crippen LogP contribution in [-0.4, -0.2) is 16.5 Å². The Morgan fingerprint density at radius 3 is 2.60 bits per heavy atom. The van der Waals surface area contributed by atoms with Gasteiger partial charge in [0, 0.05) is 10.1 Å². The first kappa shape index (κ1) is 12.1. The molecule has 0 heterocycles. The predicted molar refractivity (Wildman–Crippen MR) is 62.9 cm³/mol. The Morgan fingerprint density at radius 1 is 1.40 bits per heavy atom. The van der Waals surface area contributed by atoms with E-state index in [0.717, 1.165) is 10.5 Å². The van der Waals surface area contributed by atoms with Crippen LogP contribution in [0.1, 0.15) is 25.0 Å². The van der Waals surface area contributed by atoms with Crippen molar-refractivity contribution in [3.63, 3.8) is 0 Å². The SMILES string of the molecule is Cc1cccc(C#N)c1SC(C)C(C)O. The summed E-state index contributed by atoms with van der Waals surface area (Å²) in [5.41, 5.74) is 1.78. The maximum absolute atomic E-state index is 9.43.